The fraction of sp³-hybridized carbons (Fsp3) is 0.229. The minimum atomic E-state index is -1.13. The van der Waals surface area contributed by atoms with E-state index in [1.807, 2.05) is 0 Å². The number of aromatic carboxylic acids is 1. The Hall–Kier alpha value is -5.55. The van der Waals surface area contributed by atoms with Crippen molar-refractivity contribution in [2.45, 2.75) is 32.5 Å². The van der Waals surface area contributed by atoms with E-state index in [-0.39, 0.29) is 24.4 Å². The Balaban J connectivity index is 1.65. The van der Waals surface area contributed by atoms with Crippen molar-refractivity contribution in [1.82, 2.24) is 10.6 Å². The van der Waals surface area contributed by atoms with Crippen molar-refractivity contribution in [2.24, 2.45) is 0 Å². The molecule has 0 saturated heterocycles. The van der Waals surface area contributed by atoms with Crippen LogP contribution in [-0.2, 0) is 16.1 Å². The number of Topliss-reactive ketones (excluding diaryl/α,β-unsaturated/α-hetero) is 1. The van der Waals surface area contributed by atoms with E-state index in [2.05, 4.69) is 10.6 Å². The van der Waals surface area contributed by atoms with Gasteiger partial charge in [0.15, 0.2) is 5.78 Å². The quantitative estimate of drug-likeness (QED) is 0.237. The van der Waals surface area contributed by atoms with Crippen LogP contribution in [0.15, 0.2) is 78.9 Å². The van der Waals surface area contributed by atoms with Gasteiger partial charge in [0.05, 0.1) is 43.2 Å². The molecule has 4 aromatic rings. The number of nitrogens with one attached hydrogen (secondary N) is 2. The number of ether oxygens (including phenoxy) is 1. The third-order valence-corrected chi connectivity index (χ3v) is 8.19. The van der Waals surface area contributed by atoms with Gasteiger partial charge in [0.1, 0.15) is 11.8 Å². The molecule has 11 heteroatoms. The average molecular weight is 623 g/mol. The van der Waals surface area contributed by atoms with Crippen LogP contribution in [0, 0.1) is 0 Å². The molecule has 1 aliphatic rings. The first-order chi connectivity index (χ1) is 22.0. The molecule has 0 fully saturated rings. The van der Waals surface area contributed by atoms with Gasteiger partial charge in [-0.05, 0) is 74.1 Å². The van der Waals surface area contributed by atoms with Gasteiger partial charge in [0.2, 0.25) is 5.91 Å². The molecule has 46 heavy (non-hydrogen) atoms. The van der Waals surface area contributed by atoms with Crippen LogP contribution in [0.5, 0.6) is 5.75 Å². The lowest BCUT2D eigenvalue weighted by Gasteiger charge is -2.27. The van der Waals surface area contributed by atoms with Gasteiger partial charge in [0, 0.05) is 16.7 Å². The van der Waals surface area contributed by atoms with Crippen LogP contribution >= 0.6 is 0 Å². The number of benzene rings is 4. The number of hydrogen-bond acceptors (Lipinski definition) is 7. The van der Waals surface area contributed by atoms with E-state index >= 15 is 0 Å². The summed E-state index contributed by atoms with van der Waals surface area (Å²) in [5.41, 5.74) is 2.38. The van der Waals surface area contributed by atoms with Crippen molar-refractivity contribution in [3.63, 3.8) is 0 Å². The third-order valence-electron chi connectivity index (χ3n) is 8.19. The molecule has 0 aliphatic carbocycles. The molecule has 2 atom stereocenters. The van der Waals surface area contributed by atoms with Gasteiger partial charge in [-0.15, -0.1) is 0 Å². The first-order valence-electron chi connectivity index (χ1n) is 14.7. The van der Waals surface area contributed by atoms with Gasteiger partial charge in [-0.1, -0.05) is 36.4 Å². The van der Waals surface area contributed by atoms with Crippen LogP contribution in [0.4, 0.5) is 11.4 Å². The second-order valence-electron chi connectivity index (χ2n) is 11.0. The summed E-state index contributed by atoms with van der Waals surface area (Å²) >= 11 is 0. The molecule has 1 aliphatic heterocycles. The predicted molar refractivity (Wildman–Crippen MR) is 174 cm³/mol. The standard InChI is InChI=1S/C35H34N4O7/c1-20(36-3)32(41)37-28-19-39(33(42)23-11-9-22(10-12-23)21(2)40)30-8-6-5-7-29(30)38(34(28)43)18-27-26-15-13-25(35(44)45)17-24(26)14-16-31(27)46-4/h5-17,20,28,36H,18-19H2,1-4H3,(H,37,41)(H,44,45). The summed E-state index contributed by atoms with van der Waals surface area (Å²) in [6.07, 6.45) is 0. The zero-order valence-electron chi connectivity index (χ0n) is 25.9. The summed E-state index contributed by atoms with van der Waals surface area (Å²) in [5, 5.41) is 16.6. The van der Waals surface area contributed by atoms with Crippen LogP contribution < -0.4 is 25.2 Å². The number of nitrogens with zero attached hydrogens (tertiary/aromatic N) is 2. The molecule has 2 unspecified atom stereocenters. The van der Waals surface area contributed by atoms with Crippen molar-refractivity contribution < 1.29 is 33.8 Å². The molecule has 236 valence electrons. The van der Waals surface area contributed by atoms with Crippen molar-refractivity contribution in [2.75, 3.05) is 30.5 Å². The molecule has 3 amide bonds. The fourth-order valence-corrected chi connectivity index (χ4v) is 5.50. The number of likely N-dealkylation sites (N-methyl/N-ethyl adjacent to an activating group) is 1. The summed E-state index contributed by atoms with van der Waals surface area (Å²) in [4.78, 5) is 68.1. The number of para-hydroxylation sites is 2. The average Bonchev–Trinajstić information content (AvgIpc) is 3.18. The normalized spacial score (nSPS) is 15.1. The fourth-order valence-electron chi connectivity index (χ4n) is 5.50. The lowest BCUT2D eigenvalue weighted by molar-refractivity contribution is -0.128. The lowest BCUT2D eigenvalue weighted by Crippen LogP contribution is -2.55. The number of carbonyl (C=O) groups is 5. The summed E-state index contributed by atoms with van der Waals surface area (Å²) < 4.78 is 5.69. The van der Waals surface area contributed by atoms with E-state index < -0.39 is 35.8 Å². The van der Waals surface area contributed by atoms with Crippen LogP contribution in [0.3, 0.4) is 0 Å². The first-order valence-corrected chi connectivity index (χ1v) is 14.7. The number of amides is 3. The van der Waals surface area contributed by atoms with Gasteiger partial charge < -0.3 is 30.3 Å². The number of carbonyl (C=O) groups excluding carboxylic acids is 4. The van der Waals surface area contributed by atoms with Crippen LogP contribution in [0.25, 0.3) is 10.8 Å². The number of fused-ring (bicyclic) bond motifs is 2. The number of carboxylic acids is 1. The lowest BCUT2D eigenvalue weighted by atomic mass is 10.00. The van der Waals surface area contributed by atoms with Gasteiger partial charge in [-0.2, -0.15) is 0 Å². The maximum Gasteiger partial charge on any atom is 0.335 e. The first kappa shape index (κ1) is 31.9. The van der Waals surface area contributed by atoms with Crippen molar-refractivity contribution in [3.05, 3.63) is 101 Å². The molecule has 3 N–H and O–H groups in total. The smallest absolute Gasteiger partial charge is 0.335 e. The highest BCUT2D eigenvalue weighted by atomic mass is 16.5. The maximum atomic E-state index is 14.5. The van der Waals surface area contributed by atoms with E-state index in [1.165, 1.54) is 29.9 Å². The summed E-state index contributed by atoms with van der Waals surface area (Å²) in [7, 11) is 3.14. The van der Waals surface area contributed by atoms with E-state index in [0.717, 1.165) is 0 Å². The molecule has 0 bridgehead atoms. The van der Waals surface area contributed by atoms with Crippen molar-refractivity contribution >= 4 is 51.6 Å². The van der Waals surface area contributed by atoms with Crippen LogP contribution in [0.1, 0.15) is 50.5 Å². The molecule has 4 aromatic carbocycles. The Bertz CT molecular complexity index is 1850. The van der Waals surface area contributed by atoms with E-state index in [1.54, 1.807) is 86.8 Å². The Kier molecular flexibility index (Phi) is 9.15. The van der Waals surface area contributed by atoms with E-state index in [0.29, 0.717) is 44.6 Å². The number of ketones is 1. The van der Waals surface area contributed by atoms with E-state index in [9.17, 15) is 29.1 Å². The highest BCUT2D eigenvalue weighted by Crippen LogP contribution is 2.38. The summed E-state index contributed by atoms with van der Waals surface area (Å²) in [6.45, 7) is 2.94. The predicted octanol–water partition coefficient (Wildman–Crippen LogP) is 4.04. The Morgan fingerprint density at radius 3 is 2.22 bits per heavy atom. The Labute approximate surface area is 265 Å². The second-order valence-corrected chi connectivity index (χ2v) is 11.0. The van der Waals surface area contributed by atoms with Gasteiger partial charge in [-0.3, -0.25) is 19.2 Å². The second kappa shape index (κ2) is 13.2. The third kappa shape index (κ3) is 6.18. The molecule has 11 nitrogen and oxygen atoms in total. The molecule has 5 rings (SSSR count). The Morgan fingerprint density at radius 2 is 1.59 bits per heavy atom. The SMILES string of the molecule is CNC(C)C(=O)NC1CN(C(=O)c2ccc(C(C)=O)cc2)c2ccccc2N(Cc2c(OC)ccc3cc(C(=O)O)ccc23)C1=O. The summed E-state index contributed by atoms with van der Waals surface area (Å²) in [6, 6.07) is 19.7. The minimum Gasteiger partial charge on any atom is -0.496 e. The highest BCUT2D eigenvalue weighted by molar-refractivity contribution is 6.13. The zero-order chi connectivity index (χ0) is 33.1. The largest absolute Gasteiger partial charge is 0.496 e. The molecule has 0 saturated carbocycles. The van der Waals surface area contributed by atoms with Crippen LogP contribution in [-0.4, -0.2) is 67.4 Å². The van der Waals surface area contributed by atoms with Gasteiger partial charge in [0.25, 0.3) is 11.8 Å². The molecule has 0 aromatic heterocycles. The highest BCUT2D eigenvalue weighted by Gasteiger charge is 2.38. The molecular weight excluding hydrogens is 588 g/mol. The van der Waals surface area contributed by atoms with Gasteiger partial charge in [-0.25, -0.2) is 4.79 Å². The van der Waals surface area contributed by atoms with E-state index in [4.69, 9.17) is 4.74 Å². The number of anilines is 2. The Morgan fingerprint density at radius 1 is 0.935 bits per heavy atom. The maximum absolute atomic E-state index is 14.5. The number of methoxy groups -OCH3 is 1. The number of rotatable bonds is 9. The molecular formula is C35H34N4O7. The van der Waals surface area contributed by atoms with Gasteiger partial charge >= 0.3 is 5.97 Å². The molecule has 0 radical (unpaired) electrons. The minimum absolute atomic E-state index is 0.00787. The molecule has 1 heterocycles. The van der Waals surface area contributed by atoms with Crippen molar-refractivity contribution in [1.29, 1.82) is 0 Å². The number of hydrogen-bond donors (Lipinski definition) is 3. The molecule has 0 spiro atoms. The summed E-state index contributed by atoms with van der Waals surface area (Å²) in [5.74, 6) is -2.01. The van der Waals surface area contributed by atoms with Crippen molar-refractivity contribution in [3.8, 4) is 5.75 Å². The number of carboxylic acid groups (broad SMARTS) is 1. The monoisotopic (exact) mass is 622 g/mol. The van der Waals surface area contributed by atoms with Crippen LogP contribution in [0.2, 0.25) is 0 Å². The topological polar surface area (TPSA) is 145 Å². The zero-order valence-corrected chi connectivity index (χ0v) is 25.9.